The smallest absolute Gasteiger partial charge is 0.335 e. The minimum absolute atomic E-state index is 0.101. The summed E-state index contributed by atoms with van der Waals surface area (Å²) in [6, 6.07) is 4.38. The highest BCUT2D eigenvalue weighted by Gasteiger charge is 2.09. The molecule has 0 aromatic heterocycles. The van der Waals surface area contributed by atoms with Crippen molar-refractivity contribution in [3.05, 3.63) is 28.2 Å². The first-order valence-electron chi connectivity index (χ1n) is 5.96. The molecule has 1 aromatic carbocycles. The second kappa shape index (κ2) is 8.55. The van der Waals surface area contributed by atoms with E-state index in [-0.39, 0.29) is 18.1 Å². The molecule has 0 aliphatic heterocycles. The third kappa shape index (κ3) is 5.58. The molecule has 0 aliphatic carbocycles. The monoisotopic (exact) mass is 345 g/mol. The molecule has 0 atom stereocenters. The van der Waals surface area contributed by atoms with E-state index in [4.69, 9.17) is 14.6 Å². The first-order chi connectivity index (χ1) is 9.54. The number of rotatable bonds is 8. The summed E-state index contributed by atoms with van der Waals surface area (Å²) in [7, 11) is 1.60. The molecule has 1 aromatic rings. The number of nitrogens with one attached hydrogen (secondary N) is 1. The van der Waals surface area contributed by atoms with Gasteiger partial charge in [-0.25, -0.2) is 4.79 Å². The molecule has 0 spiro atoms. The topological polar surface area (TPSA) is 84.9 Å². The minimum atomic E-state index is -1.05. The van der Waals surface area contributed by atoms with Crippen molar-refractivity contribution >= 4 is 27.8 Å². The van der Waals surface area contributed by atoms with Crippen molar-refractivity contribution < 1.29 is 24.2 Å². The highest BCUT2D eigenvalue weighted by atomic mass is 79.9. The Bertz CT molecular complexity index is 478. The van der Waals surface area contributed by atoms with Gasteiger partial charge in [-0.2, -0.15) is 0 Å². The summed E-state index contributed by atoms with van der Waals surface area (Å²) in [6.45, 7) is 0.911. The number of aromatic carboxylic acids is 1. The van der Waals surface area contributed by atoms with Gasteiger partial charge in [-0.15, -0.1) is 0 Å². The van der Waals surface area contributed by atoms with Crippen molar-refractivity contribution in [3.8, 4) is 5.75 Å². The van der Waals surface area contributed by atoms with E-state index in [1.165, 1.54) is 12.1 Å². The standard InChI is InChI=1S/C13H16BrNO5/c1-19-6-2-5-15-12(16)8-20-11-7-9(13(17)18)3-4-10(11)14/h3-4,7H,2,5-6,8H2,1H3,(H,15,16)(H,17,18). The number of ether oxygens (including phenoxy) is 2. The number of carbonyl (C=O) groups excluding carboxylic acids is 1. The fourth-order valence-electron chi connectivity index (χ4n) is 1.39. The summed E-state index contributed by atoms with van der Waals surface area (Å²) in [4.78, 5) is 22.3. The molecule has 20 heavy (non-hydrogen) atoms. The van der Waals surface area contributed by atoms with Crippen LogP contribution in [0.1, 0.15) is 16.8 Å². The van der Waals surface area contributed by atoms with Crippen molar-refractivity contribution in [3.63, 3.8) is 0 Å². The summed E-state index contributed by atoms with van der Waals surface area (Å²) >= 11 is 3.24. The molecule has 0 saturated carbocycles. The Morgan fingerprint density at radius 1 is 1.40 bits per heavy atom. The Morgan fingerprint density at radius 2 is 2.15 bits per heavy atom. The number of carboxylic acid groups (broad SMARTS) is 1. The van der Waals surface area contributed by atoms with Crippen LogP contribution in [-0.2, 0) is 9.53 Å². The Kier molecular flexibility index (Phi) is 7.03. The van der Waals surface area contributed by atoms with Crippen molar-refractivity contribution in [1.82, 2.24) is 5.32 Å². The second-order valence-corrected chi connectivity index (χ2v) is 4.79. The van der Waals surface area contributed by atoms with Gasteiger partial charge in [-0.05, 0) is 40.5 Å². The lowest BCUT2D eigenvalue weighted by Crippen LogP contribution is -2.30. The number of benzene rings is 1. The molecule has 110 valence electrons. The van der Waals surface area contributed by atoms with Crippen LogP contribution in [0.25, 0.3) is 0 Å². The predicted octanol–water partition coefficient (Wildman–Crippen LogP) is 1.68. The van der Waals surface area contributed by atoms with Gasteiger partial charge in [0, 0.05) is 20.3 Å². The number of carbonyl (C=O) groups is 2. The fourth-order valence-corrected chi connectivity index (χ4v) is 1.75. The molecule has 0 heterocycles. The van der Waals surface area contributed by atoms with E-state index in [1.807, 2.05) is 0 Å². The average molecular weight is 346 g/mol. The molecule has 2 N–H and O–H groups in total. The Balaban J connectivity index is 2.46. The molecule has 0 radical (unpaired) electrons. The molecule has 6 nitrogen and oxygen atoms in total. The SMILES string of the molecule is COCCCNC(=O)COc1cc(C(=O)O)ccc1Br. The normalized spacial score (nSPS) is 10.1. The number of halogens is 1. The van der Waals surface area contributed by atoms with Crippen LogP contribution < -0.4 is 10.1 Å². The second-order valence-electron chi connectivity index (χ2n) is 3.94. The highest BCUT2D eigenvalue weighted by molar-refractivity contribution is 9.10. The Hall–Kier alpha value is -1.60. The number of carboxylic acids is 1. The highest BCUT2D eigenvalue weighted by Crippen LogP contribution is 2.26. The quantitative estimate of drug-likeness (QED) is 0.700. The molecule has 0 fully saturated rings. The summed E-state index contributed by atoms with van der Waals surface area (Å²) in [5.74, 6) is -1.00. The van der Waals surface area contributed by atoms with Crippen LogP contribution in [0.15, 0.2) is 22.7 Å². The minimum Gasteiger partial charge on any atom is -0.483 e. The zero-order valence-electron chi connectivity index (χ0n) is 11.0. The molecule has 0 saturated heterocycles. The van der Waals surface area contributed by atoms with Gasteiger partial charge in [0.1, 0.15) is 5.75 Å². The largest absolute Gasteiger partial charge is 0.483 e. The zero-order valence-corrected chi connectivity index (χ0v) is 12.6. The zero-order chi connectivity index (χ0) is 15.0. The molecule has 0 unspecified atom stereocenters. The third-order valence-electron chi connectivity index (χ3n) is 2.38. The van der Waals surface area contributed by atoms with Crippen LogP contribution in [0, 0.1) is 0 Å². The van der Waals surface area contributed by atoms with E-state index in [0.717, 1.165) is 6.42 Å². The van der Waals surface area contributed by atoms with Gasteiger partial charge >= 0.3 is 5.97 Å². The lowest BCUT2D eigenvalue weighted by molar-refractivity contribution is -0.123. The van der Waals surface area contributed by atoms with E-state index < -0.39 is 5.97 Å². The maximum absolute atomic E-state index is 11.5. The first kappa shape index (κ1) is 16.5. The summed E-state index contributed by atoms with van der Waals surface area (Å²) in [6.07, 6.45) is 0.723. The number of amides is 1. The van der Waals surface area contributed by atoms with Crippen LogP contribution in [-0.4, -0.2) is 43.9 Å². The van der Waals surface area contributed by atoms with E-state index in [2.05, 4.69) is 21.2 Å². The lowest BCUT2D eigenvalue weighted by atomic mass is 10.2. The summed E-state index contributed by atoms with van der Waals surface area (Å²) in [5, 5.41) is 11.6. The predicted molar refractivity (Wildman–Crippen MR) is 76.1 cm³/mol. The molecular weight excluding hydrogens is 330 g/mol. The van der Waals surface area contributed by atoms with Crippen LogP contribution in [0.5, 0.6) is 5.75 Å². The fraction of sp³-hybridized carbons (Fsp3) is 0.385. The van der Waals surface area contributed by atoms with Gasteiger partial charge in [0.15, 0.2) is 6.61 Å². The van der Waals surface area contributed by atoms with Crippen molar-refractivity contribution in [2.24, 2.45) is 0 Å². The molecular formula is C13H16BrNO5. The van der Waals surface area contributed by atoms with Crippen molar-refractivity contribution in [1.29, 1.82) is 0 Å². The summed E-state index contributed by atoms with van der Waals surface area (Å²) < 4.78 is 10.7. The van der Waals surface area contributed by atoms with Crippen LogP contribution in [0.4, 0.5) is 0 Å². The van der Waals surface area contributed by atoms with Crippen molar-refractivity contribution in [2.75, 3.05) is 26.9 Å². The number of hydrogen-bond donors (Lipinski definition) is 2. The first-order valence-corrected chi connectivity index (χ1v) is 6.75. The van der Waals surface area contributed by atoms with Gasteiger partial charge in [-0.1, -0.05) is 0 Å². The van der Waals surface area contributed by atoms with E-state index in [9.17, 15) is 9.59 Å². The summed E-state index contributed by atoms with van der Waals surface area (Å²) in [5.41, 5.74) is 0.101. The van der Waals surface area contributed by atoms with Crippen LogP contribution >= 0.6 is 15.9 Å². The van der Waals surface area contributed by atoms with Gasteiger partial charge < -0.3 is 19.9 Å². The average Bonchev–Trinajstić information content (AvgIpc) is 2.42. The maximum Gasteiger partial charge on any atom is 0.335 e. The van der Waals surface area contributed by atoms with Crippen LogP contribution in [0.2, 0.25) is 0 Å². The third-order valence-corrected chi connectivity index (χ3v) is 3.04. The molecule has 7 heteroatoms. The maximum atomic E-state index is 11.5. The van der Waals surface area contributed by atoms with Gasteiger partial charge in [0.25, 0.3) is 5.91 Å². The Morgan fingerprint density at radius 3 is 2.80 bits per heavy atom. The van der Waals surface area contributed by atoms with Gasteiger partial charge in [0.05, 0.1) is 10.0 Å². The number of methoxy groups -OCH3 is 1. The van der Waals surface area contributed by atoms with Gasteiger partial charge in [0.2, 0.25) is 0 Å². The molecule has 1 amide bonds. The van der Waals surface area contributed by atoms with Crippen LogP contribution in [0.3, 0.4) is 0 Å². The number of hydrogen-bond acceptors (Lipinski definition) is 4. The lowest BCUT2D eigenvalue weighted by Gasteiger charge is -2.09. The molecule has 0 bridgehead atoms. The van der Waals surface area contributed by atoms with E-state index in [1.54, 1.807) is 13.2 Å². The van der Waals surface area contributed by atoms with Crippen molar-refractivity contribution in [2.45, 2.75) is 6.42 Å². The van der Waals surface area contributed by atoms with E-state index in [0.29, 0.717) is 23.4 Å². The van der Waals surface area contributed by atoms with Gasteiger partial charge in [-0.3, -0.25) is 4.79 Å². The molecule has 1 rings (SSSR count). The Labute approximate surface area is 125 Å². The van der Waals surface area contributed by atoms with E-state index >= 15 is 0 Å². The molecule has 0 aliphatic rings.